The lowest BCUT2D eigenvalue weighted by Gasteiger charge is -2.23. The molecule has 166 valence electrons. The van der Waals surface area contributed by atoms with Crippen molar-refractivity contribution in [1.82, 2.24) is 29.7 Å². The predicted molar refractivity (Wildman–Crippen MR) is 128 cm³/mol. The largest absolute Gasteiger partial charge is 0.355 e. The van der Waals surface area contributed by atoms with E-state index < -0.39 is 10.0 Å². The highest BCUT2D eigenvalue weighted by Crippen LogP contribution is 2.19. The number of guanidine groups is 1. The van der Waals surface area contributed by atoms with Crippen LogP contribution >= 0.6 is 24.0 Å². The Balaban J connectivity index is 0.00000320. The van der Waals surface area contributed by atoms with Crippen LogP contribution in [0, 0.1) is 6.92 Å². The Morgan fingerprint density at radius 3 is 2.60 bits per heavy atom. The van der Waals surface area contributed by atoms with Gasteiger partial charge in [0, 0.05) is 26.2 Å². The predicted octanol–water partition coefficient (Wildman–Crippen LogP) is 1.40. The monoisotopic (exact) mass is 547 g/mol. The van der Waals surface area contributed by atoms with Gasteiger partial charge in [0.15, 0.2) is 11.8 Å². The zero-order valence-corrected chi connectivity index (χ0v) is 20.7. The molecule has 3 rings (SSSR count). The molecule has 9 nitrogen and oxygen atoms in total. The molecule has 0 spiro atoms. The van der Waals surface area contributed by atoms with E-state index in [1.807, 2.05) is 48.9 Å². The van der Waals surface area contributed by atoms with Crippen molar-refractivity contribution >= 4 is 40.0 Å². The maximum absolute atomic E-state index is 12.0. The summed E-state index contributed by atoms with van der Waals surface area (Å²) in [6.07, 6.45) is 2.99. The molecule has 1 aromatic heterocycles. The fraction of sp³-hybridized carbons (Fsp3) is 0.526. The quantitative estimate of drug-likeness (QED) is 0.309. The second kappa shape index (κ2) is 11.0. The number of nitrogens with one attached hydrogen (secondary N) is 2. The number of benzene rings is 1. The normalized spacial score (nSPS) is 17.6. The van der Waals surface area contributed by atoms with E-state index >= 15 is 0 Å². The summed E-state index contributed by atoms with van der Waals surface area (Å²) in [7, 11) is -1.28. The molecule has 0 saturated carbocycles. The van der Waals surface area contributed by atoms with Crippen LogP contribution in [0.3, 0.4) is 0 Å². The Hall–Kier alpha value is -1.73. The lowest BCUT2D eigenvalue weighted by atomic mass is 10.2. The smallest absolute Gasteiger partial charge is 0.211 e. The summed E-state index contributed by atoms with van der Waals surface area (Å²) in [5, 5.41) is 14.8. The van der Waals surface area contributed by atoms with Crippen LogP contribution in [0.15, 0.2) is 35.3 Å². The summed E-state index contributed by atoms with van der Waals surface area (Å²) in [6, 6.07) is 9.92. The maximum atomic E-state index is 12.0. The molecule has 2 heterocycles. The Morgan fingerprint density at radius 1 is 1.23 bits per heavy atom. The van der Waals surface area contributed by atoms with Gasteiger partial charge in [0.05, 0.1) is 19.3 Å². The second-order valence-corrected chi connectivity index (χ2v) is 9.21. The van der Waals surface area contributed by atoms with Gasteiger partial charge < -0.3 is 15.2 Å². The zero-order chi connectivity index (χ0) is 20.9. The van der Waals surface area contributed by atoms with E-state index in [0.717, 1.165) is 30.1 Å². The number of aryl methyl sites for hydroxylation is 1. The Labute approximate surface area is 195 Å². The van der Waals surface area contributed by atoms with E-state index in [4.69, 9.17) is 0 Å². The minimum atomic E-state index is -3.20. The number of rotatable bonds is 7. The van der Waals surface area contributed by atoms with Crippen LogP contribution in [0.4, 0.5) is 0 Å². The highest BCUT2D eigenvalue weighted by molar-refractivity contribution is 14.0. The van der Waals surface area contributed by atoms with Crippen molar-refractivity contribution in [3.63, 3.8) is 0 Å². The molecular formula is C19H30IN7O2S. The Bertz CT molecular complexity index is 947. The van der Waals surface area contributed by atoms with Gasteiger partial charge in [-0.25, -0.2) is 13.4 Å². The van der Waals surface area contributed by atoms with Gasteiger partial charge in [-0.1, -0.05) is 30.3 Å². The summed E-state index contributed by atoms with van der Waals surface area (Å²) in [6.45, 7) is 3.98. The molecule has 0 radical (unpaired) electrons. The number of aromatic nitrogens is 3. The van der Waals surface area contributed by atoms with Gasteiger partial charge in [-0.3, -0.25) is 0 Å². The molecule has 1 fully saturated rings. The van der Waals surface area contributed by atoms with Gasteiger partial charge in [-0.05, 0) is 25.3 Å². The highest BCUT2D eigenvalue weighted by Gasteiger charge is 2.31. The number of hydrogen-bond donors (Lipinski definition) is 2. The van der Waals surface area contributed by atoms with Crippen molar-refractivity contribution in [2.24, 2.45) is 12.0 Å². The summed E-state index contributed by atoms with van der Waals surface area (Å²) < 4.78 is 27.5. The van der Waals surface area contributed by atoms with Crippen molar-refractivity contribution in [3.05, 3.63) is 47.5 Å². The summed E-state index contributed by atoms with van der Waals surface area (Å²) >= 11 is 0. The van der Waals surface area contributed by atoms with Crippen LogP contribution < -0.4 is 10.6 Å². The average Bonchev–Trinajstić information content (AvgIpc) is 3.30. The van der Waals surface area contributed by atoms with Crippen molar-refractivity contribution in [2.45, 2.75) is 38.9 Å². The first-order chi connectivity index (χ1) is 13.8. The summed E-state index contributed by atoms with van der Waals surface area (Å²) in [4.78, 5) is 4.66. The van der Waals surface area contributed by atoms with Crippen LogP contribution in [-0.2, 0) is 30.2 Å². The molecule has 1 atom stereocenters. The van der Waals surface area contributed by atoms with Crippen molar-refractivity contribution in [2.75, 3.05) is 19.3 Å². The molecule has 0 amide bonds. The van der Waals surface area contributed by atoms with Crippen LogP contribution in [0.5, 0.6) is 0 Å². The van der Waals surface area contributed by atoms with Gasteiger partial charge >= 0.3 is 0 Å². The molecule has 11 heteroatoms. The minimum Gasteiger partial charge on any atom is -0.355 e. The van der Waals surface area contributed by atoms with Gasteiger partial charge in [0.25, 0.3) is 0 Å². The first-order valence-electron chi connectivity index (χ1n) is 9.72. The van der Waals surface area contributed by atoms with Gasteiger partial charge in [0.2, 0.25) is 10.0 Å². The molecule has 30 heavy (non-hydrogen) atoms. The molecule has 1 aliphatic rings. The fourth-order valence-corrected chi connectivity index (χ4v) is 4.54. The van der Waals surface area contributed by atoms with Crippen molar-refractivity contribution in [1.29, 1.82) is 0 Å². The van der Waals surface area contributed by atoms with E-state index in [9.17, 15) is 8.42 Å². The zero-order valence-electron chi connectivity index (χ0n) is 17.6. The lowest BCUT2D eigenvalue weighted by Crippen LogP contribution is -2.46. The molecule has 0 bridgehead atoms. The molecule has 1 aliphatic heterocycles. The molecule has 1 saturated heterocycles. The third kappa shape index (κ3) is 6.64. The topological polar surface area (TPSA) is 105 Å². The molecule has 2 N–H and O–H groups in total. The number of nitrogens with zero attached hydrogens (tertiary/aromatic N) is 5. The number of hydrogen-bond acceptors (Lipinski definition) is 5. The summed E-state index contributed by atoms with van der Waals surface area (Å²) in [5.74, 6) is 2.26. The SMILES string of the molecule is Cc1nnc(CNC(=NCc2ccccc2)NC[C@H]2CCCN2S(C)(=O)=O)n1C.I. The van der Waals surface area contributed by atoms with E-state index in [0.29, 0.717) is 32.1 Å². The Morgan fingerprint density at radius 2 is 1.97 bits per heavy atom. The second-order valence-electron chi connectivity index (χ2n) is 7.28. The molecule has 2 aromatic rings. The fourth-order valence-electron chi connectivity index (χ4n) is 3.36. The molecular weight excluding hydrogens is 517 g/mol. The Kier molecular flexibility index (Phi) is 9.04. The third-order valence-electron chi connectivity index (χ3n) is 5.11. The van der Waals surface area contributed by atoms with Crippen molar-refractivity contribution < 1.29 is 8.42 Å². The van der Waals surface area contributed by atoms with E-state index in [-0.39, 0.29) is 30.0 Å². The van der Waals surface area contributed by atoms with Crippen LogP contribution in [0.1, 0.15) is 30.1 Å². The van der Waals surface area contributed by atoms with Gasteiger partial charge in [-0.15, -0.1) is 34.2 Å². The molecule has 1 aromatic carbocycles. The van der Waals surface area contributed by atoms with Crippen LogP contribution in [0.2, 0.25) is 0 Å². The summed E-state index contributed by atoms with van der Waals surface area (Å²) in [5.41, 5.74) is 1.10. The standard InChI is InChI=1S/C19H29N7O2S.HI/c1-15-23-24-18(25(15)2)14-22-19(20-12-16-8-5-4-6-9-16)21-13-17-10-7-11-26(17)29(3,27)28;/h4-6,8-9,17H,7,10-14H2,1-3H3,(H2,20,21,22);1H/t17-;/m1./s1. The van der Waals surface area contributed by atoms with Crippen LogP contribution in [-0.4, -0.2) is 58.8 Å². The third-order valence-corrected chi connectivity index (χ3v) is 6.45. The highest BCUT2D eigenvalue weighted by atomic mass is 127. The number of sulfonamides is 1. The minimum absolute atomic E-state index is 0. The number of aliphatic imine (C=N–C) groups is 1. The molecule has 0 aliphatic carbocycles. The van der Waals surface area contributed by atoms with Gasteiger partial charge in [0.1, 0.15) is 5.82 Å². The van der Waals surface area contributed by atoms with E-state index in [1.165, 1.54) is 6.26 Å². The first-order valence-corrected chi connectivity index (χ1v) is 11.6. The van der Waals surface area contributed by atoms with Crippen molar-refractivity contribution in [3.8, 4) is 0 Å². The number of halogens is 1. The lowest BCUT2D eigenvalue weighted by molar-refractivity contribution is 0.387. The van der Waals surface area contributed by atoms with Gasteiger partial charge in [-0.2, -0.15) is 4.31 Å². The first kappa shape index (κ1) is 24.5. The maximum Gasteiger partial charge on any atom is 0.211 e. The molecule has 0 unspecified atom stereocenters. The van der Waals surface area contributed by atoms with Crippen LogP contribution in [0.25, 0.3) is 0 Å². The average molecular weight is 547 g/mol. The van der Waals surface area contributed by atoms with E-state index in [2.05, 4.69) is 25.8 Å². The van der Waals surface area contributed by atoms with E-state index in [1.54, 1.807) is 4.31 Å².